The van der Waals surface area contributed by atoms with Gasteiger partial charge in [-0.1, -0.05) is 0 Å². The van der Waals surface area contributed by atoms with Gasteiger partial charge in [-0.3, -0.25) is 4.90 Å². The number of nitrogens with zero attached hydrogens (tertiary/aromatic N) is 1. The summed E-state index contributed by atoms with van der Waals surface area (Å²) in [5.41, 5.74) is 1.83. The van der Waals surface area contributed by atoms with Crippen LogP contribution >= 0.6 is 0 Å². The van der Waals surface area contributed by atoms with Gasteiger partial charge in [0.25, 0.3) is 0 Å². The molecule has 0 saturated carbocycles. The molecule has 0 atom stereocenters. The molecule has 1 aromatic rings. The van der Waals surface area contributed by atoms with Crippen LogP contribution in [-0.4, -0.2) is 10.9 Å². The molecule has 1 aliphatic heterocycles. The first-order valence-electron chi connectivity index (χ1n) is 4.79. The minimum atomic E-state index is -0.741. The molecule has 0 N–H and O–H groups in total. The second-order valence-electron chi connectivity index (χ2n) is 4.03. The lowest BCUT2D eigenvalue weighted by atomic mass is 10.1. The maximum absolute atomic E-state index is 12.9. The van der Waals surface area contributed by atoms with Crippen molar-refractivity contribution in [3.05, 3.63) is 34.9 Å². The standard InChI is InChI=1S/C11H13F2N/c1-7(2)14-5-8-3-10(12)11(13)4-9(8)6-14/h3-4,7H,5-6H2,1-2H3. The van der Waals surface area contributed by atoms with Crippen LogP contribution in [0.25, 0.3) is 0 Å². The van der Waals surface area contributed by atoms with Crippen molar-refractivity contribution in [3.8, 4) is 0 Å². The molecule has 1 nitrogen and oxygen atoms in total. The van der Waals surface area contributed by atoms with Gasteiger partial charge in [-0.25, -0.2) is 8.78 Å². The number of benzene rings is 1. The van der Waals surface area contributed by atoms with Crippen LogP contribution in [0.1, 0.15) is 25.0 Å². The number of hydrogen-bond acceptors (Lipinski definition) is 1. The van der Waals surface area contributed by atoms with Crippen molar-refractivity contribution in [2.45, 2.75) is 33.0 Å². The van der Waals surface area contributed by atoms with Crippen molar-refractivity contribution in [2.75, 3.05) is 0 Å². The Morgan fingerprint density at radius 3 is 1.86 bits per heavy atom. The first-order valence-corrected chi connectivity index (χ1v) is 4.79. The van der Waals surface area contributed by atoms with Gasteiger partial charge in [0.1, 0.15) is 0 Å². The fraction of sp³-hybridized carbons (Fsp3) is 0.455. The molecular formula is C11H13F2N. The lowest BCUT2D eigenvalue weighted by Gasteiger charge is -2.18. The summed E-state index contributed by atoms with van der Waals surface area (Å²) in [6, 6.07) is 3.04. The van der Waals surface area contributed by atoms with Gasteiger partial charge in [-0.15, -0.1) is 0 Å². The molecule has 0 spiro atoms. The van der Waals surface area contributed by atoms with Crippen LogP contribution in [0.4, 0.5) is 8.78 Å². The van der Waals surface area contributed by atoms with Crippen LogP contribution in [0.15, 0.2) is 12.1 Å². The third-order valence-corrected chi connectivity index (χ3v) is 2.72. The second kappa shape index (κ2) is 3.31. The Balaban J connectivity index is 2.31. The Labute approximate surface area is 82.3 Å². The number of hydrogen-bond donors (Lipinski definition) is 0. The molecule has 1 aromatic carbocycles. The largest absolute Gasteiger partial charge is 0.292 e. The van der Waals surface area contributed by atoms with Crippen LogP contribution in [0.5, 0.6) is 0 Å². The lowest BCUT2D eigenvalue weighted by molar-refractivity contribution is 0.227. The summed E-state index contributed by atoms with van der Waals surface area (Å²) in [6.07, 6.45) is 0. The van der Waals surface area contributed by atoms with Gasteiger partial charge in [-0.2, -0.15) is 0 Å². The smallest absolute Gasteiger partial charge is 0.159 e. The van der Waals surface area contributed by atoms with E-state index in [4.69, 9.17) is 0 Å². The molecule has 14 heavy (non-hydrogen) atoms. The molecule has 0 aliphatic carbocycles. The fourth-order valence-electron chi connectivity index (χ4n) is 1.78. The van der Waals surface area contributed by atoms with Gasteiger partial charge in [0, 0.05) is 19.1 Å². The maximum Gasteiger partial charge on any atom is 0.159 e. The molecular weight excluding hydrogens is 184 g/mol. The zero-order chi connectivity index (χ0) is 10.3. The number of rotatable bonds is 1. The minimum absolute atomic E-state index is 0.411. The van der Waals surface area contributed by atoms with E-state index in [9.17, 15) is 8.78 Å². The van der Waals surface area contributed by atoms with E-state index in [1.54, 1.807) is 0 Å². The lowest BCUT2D eigenvalue weighted by Crippen LogP contribution is -2.24. The van der Waals surface area contributed by atoms with E-state index in [1.807, 2.05) is 0 Å². The van der Waals surface area contributed by atoms with Crippen molar-refractivity contribution in [3.63, 3.8) is 0 Å². The third-order valence-electron chi connectivity index (χ3n) is 2.72. The third kappa shape index (κ3) is 1.52. The summed E-state index contributed by atoms with van der Waals surface area (Å²) in [5.74, 6) is -1.48. The fourth-order valence-corrected chi connectivity index (χ4v) is 1.78. The van der Waals surface area contributed by atoms with Crippen molar-refractivity contribution >= 4 is 0 Å². The highest BCUT2D eigenvalue weighted by Gasteiger charge is 2.22. The summed E-state index contributed by atoms with van der Waals surface area (Å²) in [7, 11) is 0. The van der Waals surface area contributed by atoms with E-state index >= 15 is 0 Å². The van der Waals surface area contributed by atoms with E-state index in [0.717, 1.165) is 24.2 Å². The van der Waals surface area contributed by atoms with Gasteiger partial charge in [0.15, 0.2) is 11.6 Å². The quantitative estimate of drug-likeness (QED) is 0.669. The zero-order valence-electron chi connectivity index (χ0n) is 8.35. The first-order chi connectivity index (χ1) is 6.58. The molecule has 0 bridgehead atoms. The SMILES string of the molecule is CC(C)N1Cc2cc(F)c(F)cc2C1. The second-order valence-corrected chi connectivity index (χ2v) is 4.03. The molecule has 0 amide bonds. The molecule has 0 fully saturated rings. The predicted molar refractivity (Wildman–Crippen MR) is 50.7 cm³/mol. The Morgan fingerprint density at radius 2 is 1.50 bits per heavy atom. The maximum atomic E-state index is 12.9. The number of halogens is 2. The molecule has 2 rings (SSSR count). The highest BCUT2D eigenvalue weighted by atomic mass is 19.2. The van der Waals surface area contributed by atoms with Crippen molar-refractivity contribution < 1.29 is 8.78 Å². The molecule has 76 valence electrons. The minimum Gasteiger partial charge on any atom is -0.292 e. The molecule has 3 heteroatoms. The summed E-state index contributed by atoms with van der Waals surface area (Å²) in [5, 5.41) is 0. The van der Waals surface area contributed by atoms with Gasteiger partial charge < -0.3 is 0 Å². The van der Waals surface area contributed by atoms with Crippen molar-refractivity contribution in [2.24, 2.45) is 0 Å². The Morgan fingerprint density at radius 1 is 1.07 bits per heavy atom. The van der Waals surface area contributed by atoms with Gasteiger partial charge in [0.2, 0.25) is 0 Å². The molecule has 0 saturated heterocycles. The molecule has 0 radical (unpaired) electrons. The van der Waals surface area contributed by atoms with Crippen molar-refractivity contribution in [1.82, 2.24) is 4.90 Å². The monoisotopic (exact) mass is 197 g/mol. The topological polar surface area (TPSA) is 3.24 Å². The zero-order valence-corrected chi connectivity index (χ0v) is 8.35. The average molecular weight is 197 g/mol. The Hall–Kier alpha value is -0.960. The van der Waals surface area contributed by atoms with Gasteiger partial charge in [-0.05, 0) is 37.1 Å². The van der Waals surface area contributed by atoms with E-state index in [-0.39, 0.29) is 0 Å². The molecule has 0 unspecified atom stereocenters. The van der Waals surface area contributed by atoms with E-state index in [2.05, 4.69) is 18.7 Å². The van der Waals surface area contributed by atoms with Crippen molar-refractivity contribution in [1.29, 1.82) is 0 Å². The highest BCUT2D eigenvalue weighted by Crippen LogP contribution is 2.26. The summed E-state index contributed by atoms with van der Waals surface area (Å²) in [6.45, 7) is 5.62. The van der Waals surface area contributed by atoms with Gasteiger partial charge >= 0.3 is 0 Å². The normalized spacial score (nSPS) is 16.4. The van der Waals surface area contributed by atoms with E-state index in [1.165, 1.54) is 12.1 Å². The van der Waals surface area contributed by atoms with E-state index < -0.39 is 11.6 Å². The highest BCUT2D eigenvalue weighted by molar-refractivity contribution is 5.32. The van der Waals surface area contributed by atoms with Crippen LogP contribution < -0.4 is 0 Å². The Bertz CT molecular complexity index is 330. The van der Waals surface area contributed by atoms with Crippen LogP contribution in [0, 0.1) is 11.6 Å². The van der Waals surface area contributed by atoms with Gasteiger partial charge in [0.05, 0.1) is 0 Å². The summed E-state index contributed by atoms with van der Waals surface area (Å²) < 4.78 is 25.8. The molecule has 1 aliphatic rings. The summed E-state index contributed by atoms with van der Waals surface area (Å²) in [4.78, 5) is 2.18. The molecule has 1 heterocycles. The van der Waals surface area contributed by atoms with E-state index in [0.29, 0.717) is 6.04 Å². The summed E-state index contributed by atoms with van der Waals surface area (Å²) >= 11 is 0. The van der Waals surface area contributed by atoms with Crippen LogP contribution in [0.3, 0.4) is 0 Å². The first kappa shape index (κ1) is 9.59. The average Bonchev–Trinajstić information content (AvgIpc) is 2.48. The van der Waals surface area contributed by atoms with Crippen LogP contribution in [0.2, 0.25) is 0 Å². The predicted octanol–water partition coefficient (Wildman–Crippen LogP) is 2.69. The Kier molecular flexibility index (Phi) is 2.27. The number of fused-ring (bicyclic) bond motifs is 1. The molecule has 0 aromatic heterocycles. The van der Waals surface area contributed by atoms with Crippen LogP contribution in [-0.2, 0) is 13.1 Å².